The summed E-state index contributed by atoms with van der Waals surface area (Å²) in [6.45, 7) is 3.38. The second kappa shape index (κ2) is 3.26. The van der Waals surface area contributed by atoms with Crippen LogP contribution in [0.25, 0.3) is 0 Å². The lowest BCUT2D eigenvalue weighted by Crippen LogP contribution is -2.23. The number of rotatable bonds is 1. The largest absolute Gasteiger partial charge is 0.445 e. The number of hydrogen-bond donors (Lipinski definition) is 2. The number of carbonyl (C=O) groups excluding carboxylic acids is 1. The zero-order valence-electron chi connectivity index (χ0n) is 4.84. The van der Waals surface area contributed by atoms with E-state index in [0.29, 0.717) is 0 Å². The van der Waals surface area contributed by atoms with E-state index >= 15 is 0 Å². The first kappa shape index (κ1) is 7.23. The molecule has 0 aromatic rings. The Labute approximate surface area is 47.4 Å². The third kappa shape index (κ3) is 3.42. The van der Waals surface area contributed by atoms with Crippen LogP contribution in [-0.2, 0) is 4.74 Å². The lowest BCUT2D eigenvalue weighted by atomic mass is 10.5. The second-order valence-corrected chi connectivity index (χ2v) is 1.57. The van der Waals surface area contributed by atoms with Crippen molar-refractivity contribution in [3.8, 4) is 0 Å². The molecule has 4 nitrogen and oxygen atoms in total. The van der Waals surface area contributed by atoms with Crippen LogP contribution < -0.4 is 5.48 Å². The van der Waals surface area contributed by atoms with Gasteiger partial charge in [0, 0.05) is 0 Å². The molecule has 0 aromatic carbocycles. The van der Waals surface area contributed by atoms with Crippen molar-refractivity contribution >= 4 is 6.09 Å². The molecule has 0 unspecified atom stereocenters. The molecule has 4 heteroatoms. The van der Waals surface area contributed by atoms with Crippen LogP contribution in [0.4, 0.5) is 4.79 Å². The van der Waals surface area contributed by atoms with Crippen molar-refractivity contribution in [2.24, 2.45) is 0 Å². The highest BCUT2D eigenvalue weighted by molar-refractivity contribution is 5.65. The summed E-state index contributed by atoms with van der Waals surface area (Å²) in [6.07, 6.45) is -1.01. The van der Waals surface area contributed by atoms with Crippen molar-refractivity contribution in [2.75, 3.05) is 0 Å². The molecule has 0 aliphatic heterocycles. The number of hydroxylamine groups is 1. The van der Waals surface area contributed by atoms with Gasteiger partial charge in [-0.2, -0.15) is 0 Å². The Balaban J connectivity index is 3.25. The molecule has 0 aromatic heterocycles. The van der Waals surface area contributed by atoms with E-state index in [-0.39, 0.29) is 6.10 Å². The van der Waals surface area contributed by atoms with Crippen LogP contribution in [0.1, 0.15) is 13.8 Å². The topological polar surface area (TPSA) is 58.6 Å². The summed E-state index contributed by atoms with van der Waals surface area (Å²) in [4.78, 5) is 10.0. The summed E-state index contributed by atoms with van der Waals surface area (Å²) in [7, 11) is 0. The summed E-state index contributed by atoms with van der Waals surface area (Å²) in [5, 5.41) is 7.86. The zero-order valence-corrected chi connectivity index (χ0v) is 4.84. The molecule has 0 saturated heterocycles. The third-order valence-electron chi connectivity index (χ3n) is 0.434. The van der Waals surface area contributed by atoms with Crippen molar-refractivity contribution in [3.63, 3.8) is 0 Å². The molecule has 0 fully saturated rings. The van der Waals surface area contributed by atoms with E-state index in [2.05, 4.69) is 4.74 Å². The van der Waals surface area contributed by atoms with Gasteiger partial charge in [-0.1, -0.05) is 0 Å². The van der Waals surface area contributed by atoms with E-state index in [1.807, 2.05) is 0 Å². The highest BCUT2D eigenvalue weighted by atomic mass is 16.6. The predicted molar refractivity (Wildman–Crippen MR) is 26.5 cm³/mol. The highest BCUT2D eigenvalue weighted by Gasteiger charge is 1.99. The maximum atomic E-state index is 10.0. The Morgan fingerprint density at radius 1 is 1.75 bits per heavy atom. The molecule has 0 spiro atoms. The Morgan fingerprint density at radius 2 is 2.25 bits per heavy atom. The van der Waals surface area contributed by atoms with E-state index in [9.17, 15) is 4.79 Å². The molecule has 48 valence electrons. The highest BCUT2D eigenvalue weighted by Crippen LogP contribution is 1.85. The van der Waals surface area contributed by atoms with Crippen molar-refractivity contribution in [3.05, 3.63) is 0 Å². The summed E-state index contributed by atoms with van der Waals surface area (Å²) in [5.74, 6) is 0. The fourth-order valence-electron chi connectivity index (χ4n) is 0.240. The average Bonchev–Trinajstić information content (AvgIpc) is 1.65. The number of ether oxygens (including phenoxy) is 1. The van der Waals surface area contributed by atoms with Gasteiger partial charge in [0.15, 0.2) is 0 Å². The van der Waals surface area contributed by atoms with Crippen LogP contribution in [-0.4, -0.2) is 17.4 Å². The fourth-order valence-corrected chi connectivity index (χ4v) is 0.240. The molecule has 8 heavy (non-hydrogen) atoms. The maximum absolute atomic E-state index is 10.0. The van der Waals surface area contributed by atoms with E-state index in [0.717, 1.165) is 0 Å². The first-order valence-electron chi connectivity index (χ1n) is 2.27. The Morgan fingerprint density at radius 3 is 2.38 bits per heavy atom. The SMILES string of the molecule is CC(C)OC(=O)NO. The number of amides is 1. The van der Waals surface area contributed by atoms with Crippen LogP contribution in [0.2, 0.25) is 0 Å². The van der Waals surface area contributed by atoms with Gasteiger partial charge in [-0.15, -0.1) is 0 Å². The standard InChI is InChI=1S/C4H9NO3/c1-3(2)8-4(6)5-7/h3,7H,1-2H3,(H,5,6). The molecule has 0 aliphatic rings. The van der Waals surface area contributed by atoms with Crippen LogP contribution >= 0.6 is 0 Å². The molecule has 0 radical (unpaired) electrons. The molecule has 0 saturated carbocycles. The molecule has 0 heterocycles. The average molecular weight is 119 g/mol. The first-order chi connectivity index (χ1) is 3.66. The molecule has 0 atom stereocenters. The molecule has 0 aliphatic carbocycles. The Bertz CT molecular complexity index is 81.4. The quantitative estimate of drug-likeness (QED) is 0.390. The van der Waals surface area contributed by atoms with Gasteiger partial charge >= 0.3 is 6.09 Å². The van der Waals surface area contributed by atoms with Gasteiger partial charge in [-0.3, -0.25) is 5.21 Å². The van der Waals surface area contributed by atoms with Crippen molar-refractivity contribution in [1.29, 1.82) is 0 Å². The van der Waals surface area contributed by atoms with Gasteiger partial charge in [0.05, 0.1) is 6.10 Å². The molecular weight excluding hydrogens is 110 g/mol. The van der Waals surface area contributed by atoms with E-state index < -0.39 is 6.09 Å². The third-order valence-corrected chi connectivity index (χ3v) is 0.434. The zero-order chi connectivity index (χ0) is 6.57. The van der Waals surface area contributed by atoms with Gasteiger partial charge in [0.25, 0.3) is 0 Å². The molecule has 0 bridgehead atoms. The van der Waals surface area contributed by atoms with Gasteiger partial charge in [-0.05, 0) is 13.8 Å². The number of nitrogens with one attached hydrogen (secondary N) is 1. The van der Waals surface area contributed by atoms with Crippen LogP contribution in [0.5, 0.6) is 0 Å². The molecule has 1 amide bonds. The summed E-state index contributed by atoms with van der Waals surface area (Å²) >= 11 is 0. The minimum Gasteiger partial charge on any atom is -0.445 e. The van der Waals surface area contributed by atoms with Crippen molar-refractivity contribution in [2.45, 2.75) is 20.0 Å². The molecule has 2 N–H and O–H groups in total. The number of carbonyl (C=O) groups is 1. The lowest BCUT2D eigenvalue weighted by Gasteiger charge is -2.04. The van der Waals surface area contributed by atoms with Gasteiger partial charge in [0.1, 0.15) is 0 Å². The second-order valence-electron chi connectivity index (χ2n) is 1.57. The molecular formula is C4H9NO3. The van der Waals surface area contributed by atoms with E-state index in [1.54, 1.807) is 13.8 Å². The Kier molecular flexibility index (Phi) is 2.95. The summed E-state index contributed by atoms with van der Waals surface area (Å²) in [5.41, 5.74) is 1.34. The van der Waals surface area contributed by atoms with Crippen LogP contribution in [0, 0.1) is 0 Å². The van der Waals surface area contributed by atoms with Crippen LogP contribution in [0.15, 0.2) is 0 Å². The predicted octanol–water partition coefficient (Wildman–Crippen LogP) is 0.510. The van der Waals surface area contributed by atoms with Gasteiger partial charge in [-0.25, -0.2) is 10.3 Å². The fraction of sp³-hybridized carbons (Fsp3) is 0.750. The normalized spacial score (nSPS) is 9.00. The minimum absolute atomic E-state index is 0.192. The molecule has 0 rings (SSSR count). The van der Waals surface area contributed by atoms with Crippen LogP contribution in [0.3, 0.4) is 0 Å². The maximum Gasteiger partial charge on any atom is 0.431 e. The minimum atomic E-state index is -0.819. The first-order valence-corrected chi connectivity index (χ1v) is 2.27. The Hall–Kier alpha value is -0.770. The van der Waals surface area contributed by atoms with Crippen molar-refractivity contribution in [1.82, 2.24) is 5.48 Å². The smallest absolute Gasteiger partial charge is 0.431 e. The monoisotopic (exact) mass is 119 g/mol. The summed E-state index contributed by atoms with van der Waals surface area (Å²) < 4.78 is 4.40. The van der Waals surface area contributed by atoms with E-state index in [4.69, 9.17) is 5.21 Å². The van der Waals surface area contributed by atoms with Gasteiger partial charge in [0.2, 0.25) is 0 Å². The van der Waals surface area contributed by atoms with Gasteiger partial charge < -0.3 is 4.74 Å². The van der Waals surface area contributed by atoms with E-state index in [1.165, 1.54) is 5.48 Å². The summed E-state index contributed by atoms with van der Waals surface area (Å²) in [6, 6.07) is 0. The number of hydrogen-bond acceptors (Lipinski definition) is 3. The lowest BCUT2D eigenvalue weighted by molar-refractivity contribution is 0.0684. The van der Waals surface area contributed by atoms with Crippen molar-refractivity contribution < 1.29 is 14.7 Å².